The Balaban J connectivity index is 2.14. The van der Waals surface area contributed by atoms with E-state index in [9.17, 15) is 19.5 Å². The van der Waals surface area contributed by atoms with Crippen LogP contribution in [0, 0.1) is 5.92 Å². The highest BCUT2D eigenvalue weighted by atomic mass is 35.5. The Kier molecular flexibility index (Phi) is 9.58. The summed E-state index contributed by atoms with van der Waals surface area (Å²) in [7, 11) is 0. The zero-order valence-electron chi connectivity index (χ0n) is 20.0. The maximum atomic E-state index is 13.8. The summed E-state index contributed by atoms with van der Waals surface area (Å²) in [5.41, 5.74) is 1.68. The molecule has 1 N–H and O–H groups in total. The summed E-state index contributed by atoms with van der Waals surface area (Å²) < 4.78 is 5.53. The third kappa shape index (κ3) is 6.56. The second-order valence-corrected chi connectivity index (χ2v) is 9.75. The van der Waals surface area contributed by atoms with E-state index in [0.29, 0.717) is 22.9 Å². The molecule has 1 aliphatic rings. The van der Waals surface area contributed by atoms with Crippen molar-refractivity contribution < 1.29 is 24.2 Å². The molecule has 2 aromatic rings. The van der Waals surface area contributed by atoms with Gasteiger partial charge in [-0.05, 0) is 54.7 Å². The van der Waals surface area contributed by atoms with Gasteiger partial charge in [0.2, 0.25) is 5.91 Å². The van der Waals surface area contributed by atoms with Crippen molar-refractivity contribution in [1.82, 2.24) is 4.90 Å². The van der Waals surface area contributed by atoms with Crippen LogP contribution in [0.25, 0.3) is 0 Å². The van der Waals surface area contributed by atoms with Crippen molar-refractivity contribution in [2.75, 3.05) is 6.61 Å². The summed E-state index contributed by atoms with van der Waals surface area (Å²) in [5.74, 6) is -2.96. The summed E-state index contributed by atoms with van der Waals surface area (Å²) in [6.45, 7) is 4.10. The minimum Gasteiger partial charge on any atom is -0.481 e. The smallest absolute Gasteiger partial charge is 0.328 e. The average Bonchev–Trinajstić information content (AvgIpc) is 2.82. The highest BCUT2D eigenvalue weighted by Gasteiger charge is 2.48. The lowest BCUT2D eigenvalue weighted by molar-refractivity contribution is -0.164. The van der Waals surface area contributed by atoms with Gasteiger partial charge in [0.25, 0.3) is 0 Å². The fourth-order valence-electron chi connectivity index (χ4n) is 4.81. The first-order valence-corrected chi connectivity index (χ1v) is 12.7. The molecule has 0 aliphatic carbocycles. The number of aliphatic carboxylic acids is 1. The number of rotatable bonds is 10. The fourth-order valence-corrected chi connectivity index (χ4v) is 5.13. The number of nitrogens with zero attached hydrogens (tertiary/aromatic N) is 1. The largest absolute Gasteiger partial charge is 0.481 e. The van der Waals surface area contributed by atoms with Crippen LogP contribution in [0.15, 0.2) is 48.5 Å². The third-order valence-electron chi connectivity index (χ3n) is 6.47. The fraction of sp³-hybridized carbons (Fsp3) is 0.444. The molecule has 0 aromatic heterocycles. The van der Waals surface area contributed by atoms with Crippen LogP contribution in [0.1, 0.15) is 69.0 Å². The minimum atomic E-state index is -1.06. The number of benzene rings is 2. The van der Waals surface area contributed by atoms with Gasteiger partial charge in [-0.3, -0.25) is 9.59 Å². The molecule has 6 nitrogen and oxygen atoms in total. The molecule has 2 aromatic carbocycles. The van der Waals surface area contributed by atoms with E-state index < -0.39 is 29.9 Å². The maximum Gasteiger partial charge on any atom is 0.328 e. The number of halogens is 2. The predicted molar refractivity (Wildman–Crippen MR) is 136 cm³/mol. The van der Waals surface area contributed by atoms with Crippen molar-refractivity contribution in [2.45, 2.75) is 64.0 Å². The van der Waals surface area contributed by atoms with Crippen molar-refractivity contribution in [2.24, 2.45) is 5.92 Å². The molecule has 4 atom stereocenters. The Labute approximate surface area is 216 Å². The Bertz CT molecular complexity index is 1040. The van der Waals surface area contributed by atoms with Gasteiger partial charge < -0.3 is 14.7 Å². The Morgan fingerprint density at radius 1 is 1.09 bits per heavy atom. The van der Waals surface area contributed by atoms with E-state index in [4.69, 9.17) is 27.9 Å². The first-order chi connectivity index (χ1) is 16.8. The molecule has 1 amide bonds. The molecule has 0 saturated carbocycles. The van der Waals surface area contributed by atoms with Gasteiger partial charge in [0.15, 0.2) is 0 Å². The quantitative estimate of drug-likeness (QED) is 0.295. The molecular formula is C27H31Cl2NO5. The van der Waals surface area contributed by atoms with Crippen molar-refractivity contribution in [3.8, 4) is 0 Å². The first kappa shape index (κ1) is 27.0. The summed E-state index contributed by atoms with van der Waals surface area (Å²) >= 11 is 12.5. The number of likely N-dealkylation sites (tertiary alicyclic amines) is 1. The van der Waals surface area contributed by atoms with Crippen molar-refractivity contribution >= 4 is 41.0 Å². The monoisotopic (exact) mass is 519 g/mol. The van der Waals surface area contributed by atoms with Crippen LogP contribution < -0.4 is 0 Å². The molecule has 8 heteroatoms. The molecule has 0 radical (unpaired) electrons. The zero-order chi connectivity index (χ0) is 25.5. The number of piperidine rings is 1. The molecule has 1 aliphatic heterocycles. The number of carboxylic acid groups (broad SMARTS) is 1. The van der Waals surface area contributed by atoms with Crippen LogP contribution in [0.4, 0.5) is 0 Å². The zero-order valence-corrected chi connectivity index (χ0v) is 21.5. The molecular weight excluding hydrogens is 489 g/mol. The standard InChI is InChI=1S/C27H31Cl2NO5/c1-3-5-13-35-27(34)23(4-2)30-25(17-9-11-20(28)12-10-17)22(18-7-6-8-21(29)14-18)15-19(26(30)33)16-24(31)32/h6-12,14,19,22-23,25H,3-5,13,15-16H2,1-2H3,(H,31,32)/t19-,22-,23+,25-/m1/s1. The van der Waals surface area contributed by atoms with E-state index in [2.05, 4.69) is 0 Å². The van der Waals surface area contributed by atoms with Gasteiger partial charge in [0.05, 0.1) is 19.1 Å². The van der Waals surface area contributed by atoms with Gasteiger partial charge >= 0.3 is 11.9 Å². The highest BCUT2D eigenvalue weighted by Crippen LogP contribution is 2.47. The van der Waals surface area contributed by atoms with E-state index >= 15 is 0 Å². The molecule has 1 saturated heterocycles. The number of hydrogen-bond donors (Lipinski definition) is 1. The van der Waals surface area contributed by atoms with Crippen LogP contribution in [-0.4, -0.2) is 40.5 Å². The van der Waals surface area contributed by atoms with Gasteiger partial charge in [-0.25, -0.2) is 4.79 Å². The lowest BCUT2D eigenvalue weighted by atomic mass is 9.74. The molecule has 35 heavy (non-hydrogen) atoms. The predicted octanol–water partition coefficient (Wildman–Crippen LogP) is 6.26. The third-order valence-corrected chi connectivity index (χ3v) is 6.96. The number of carbonyl (C=O) groups is 3. The lowest BCUT2D eigenvalue weighted by Gasteiger charge is -2.47. The van der Waals surface area contributed by atoms with Crippen LogP contribution in [0.2, 0.25) is 10.0 Å². The van der Waals surface area contributed by atoms with E-state index in [1.54, 1.807) is 23.1 Å². The normalized spacial score (nSPS) is 21.0. The number of unbranched alkanes of at least 4 members (excludes halogenated alkanes) is 1. The number of amides is 1. The van der Waals surface area contributed by atoms with E-state index in [0.717, 1.165) is 24.0 Å². The van der Waals surface area contributed by atoms with Gasteiger partial charge in [0.1, 0.15) is 6.04 Å². The Morgan fingerprint density at radius 3 is 2.40 bits per heavy atom. The number of ether oxygens (including phenoxy) is 1. The molecule has 188 valence electrons. The van der Waals surface area contributed by atoms with Crippen LogP contribution >= 0.6 is 23.2 Å². The molecule has 1 heterocycles. The van der Waals surface area contributed by atoms with E-state index in [-0.39, 0.29) is 24.9 Å². The van der Waals surface area contributed by atoms with Crippen molar-refractivity contribution in [3.05, 3.63) is 69.7 Å². The average molecular weight is 520 g/mol. The molecule has 0 unspecified atom stereocenters. The molecule has 0 spiro atoms. The summed E-state index contributed by atoms with van der Waals surface area (Å²) in [6.07, 6.45) is 1.93. The van der Waals surface area contributed by atoms with E-state index in [1.165, 1.54) is 0 Å². The summed E-state index contributed by atoms with van der Waals surface area (Å²) in [4.78, 5) is 40.2. The molecule has 0 bridgehead atoms. The topological polar surface area (TPSA) is 83.9 Å². The van der Waals surface area contributed by atoms with Gasteiger partial charge in [-0.1, -0.05) is 67.7 Å². The summed E-state index contributed by atoms with van der Waals surface area (Å²) in [5, 5.41) is 10.6. The van der Waals surface area contributed by atoms with Crippen LogP contribution in [0.3, 0.4) is 0 Å². The summed E-state index contributed by atoms with van der Waals surface area (Å²) in [6, 6.07) is 13.2. The SMILES string of the molecule is CCCCOC(=O)[C@H](CC)N1C(=O)[C@@H](CC(=O)O)C[C@H](c2cccc(Cl)c2)[C@H]1c1ccc(Cl)cc1. The van der Waals surface area contributed by atoms with Gasteiger partial charge in [-0.15, -0.1) is 0 Å². The van der Waals surface area contributed by atoms with Gasteiger partial charge in [0, 0.05) is 21.9 Å². The van der Waals surface area contributed by atoms with Crippen LogP contribution in [-0.2, 0) is 19.1 Å². The number of esters is 1. The van der Waals surface area contributed by atoms with Gasteiger partial charge in [-0.2, -0.15) is 0 Å². The highest BCUT2D eigenvalue weighted by molar-refractivity contribution is 6.30. The lowest BCUT2D eigenvalue weighted by Crippen LogP contribution is -2.54. The molecule has 1 fully saturated rings. The van der Waals surface area contributed by atoms with Crippen molar-refractivity contribution in [1.29, 1.82) is 0 Å². The number of carbonyl (C=O) groups excluding carboxylic acids is 2. The second kappa shape index (κ2) is 12.4. The van der Waals surface area contributed by atoms with E-state index in [1.807, 2.05) is 44.2 Å². The van der Waals surface area contributed by atoms with Crippen molar-refractivity contribution in [3.63, 3.8) is 0 Å². The Morgan fingerprint density at radius 2 is 1.80 bits per heavy atom. The number of carboxylic acids is 1. The second-order valence-electron chi connectivity index (χ2n) is 8.88. The Hall–Kier alpha value is -2.57. The maximum absolute atomic E-state index is 13.8. The minimum absolute atomic E-state index is 0.274. The van der Waals surface area contributed by atoms with Crippen LogP contribution in [0.5, 0.6) is 0 Å². The first-order valence-electron chi connectivity index (χ1n) is 12.0. The number of hydrogen-bond acceptors (Lipinski definition) is 4. The molecule has 3 rings (SSSR count).